The van der Waals surface area contributed by atoms with Crippen LogP contribution < -0.4 is 4.90 Å². The molecule has 0 aliphatic carbocycles. The van der Waals surface area contributed by atoms with Gasteiger partial charge in [0, 0.05) is 57.3 Å². The van der Waals surface area contributed by atoms with Gasteiger partial charge in [0.05, 0.1) is 9.70 Å². The summed E-state index contributed by atoms with van der Waals surface area (Å²) in [5.74, 6) is -0.193. The van der Waals surface area contributed by atoms with Crippen molar-refractivity contribution in [3.8, 4) is 0 Å². The smallest absolute Gasteiger partial charge is 0.252 e. The average Bonchev–Trinajstić information content (AvgIpc) is 3.21. The second-order valence-corrected chi connectivity index (χ2v) is 11.9. The predicted molar refractivity (Wildman–Crippen MR) is 117 cm³/mol. The molecule has 4 rings (SSSR count). The van der Waals surface area contributed by atoms with Crippen LogP contribution in [0.5, 0.6) is 0 Å². The molecule has 2 fully saturated rings. The van der Waals surface area contributed by atoms with Crippen molar-refractivity contribution >= 4 is 48.9 Å². The first-order valence-corrected chi connectivity index (χ1v) is 12.7. The van der Waals surface area contributed by atoms with Crippen LogP contribution in [0, 0.1) is 5.92 Å². The summed E-state index contributed by atoms with van der Waals surface area (Å²) in [6.07, 6.45) is 4.99. The van der Waals surface area contributed by atoms with E-state index in [4.69, 9.17) is 0 Å². The summed E-state index contributed by atoms with van der Waals surface area (Å²) < 4.78 is 28.4. The monoisotopic (exact) mass is 498 g/mol. The standard InChI is InChI=1S/C19H23BrN4O3S2/c20-17-3-4-18(28-17)29(26,27)24-9-1-2-15(14-24)19(25)23-12-10-22(11-13-23)16-5-7-21-8-6-16/h3-8,15H,1-2,9-14H2. The molecule has 1 atom stereocenters. The summed E-state index contributed by atoms with van der Waals surface area (Å²) >= 11 is 4.53. The predicted octanol–water partition coefficient (Wildman–Crippen LogP) is 2.66. The van der Waals surface area contributed by atoms with Gasteiger partial charge in [0.25, 0.3) is 10.0 Å². The summed E-state index contributed by atoms with van der Waals surface area (Å²) in [7, 11) is -3.55. The highest BCUT2D eigenvalue weighted by Crippen LogP contribution is 2.31. The minimum atomic E-state index is -3.55. The van der Waals surface area contributed by atoms with Crippen molar-refractivity contribution in [3.05, 3.63) is 40.4 Å². The number of piperazine rings is 1. The highest BCUT2D eigenvalue weighted by atomic mass is 79.9. The van der Waals surface area contributed by atoms with Gasteiger partial charge < -0.3 is 9.80 Å². The highest BCUT2D eigenvalue weighted by Gasteiger charge is 2.36. The maximum absolute atomic E-state index is 13.1. The molecule has 1 unspecified atom stereocenters. The quantitative estimate of drug-likeness (QED) is 0.647. The van der Waals surface area contributed by atoms with Crippen LogP contribution >= 0.6 is 27.3 Å². The zero-order valence-electron chi connectivity index (χ0n) is 15.9. The molecule has 4 heterocycles. The molecule has 2 saturated heterocycles. The molecule has 1 amide bonds. The van der Waals surface area contributed by atoms with E-state index in [2.05, 4.69) is 25.8 Å². The average molecular weight is 499 g/mol. The number of amides is 1. The van der Waals surface area contributed by atoms with E-state index < -0.39 is 10.0 Å². The number of thiophene rings is 1. The van der Waals surface area contributed by atoms with Crippen LogP contribution in [0.25, 0.3) is 0 Å². The number of carbonyl (C=O) groups excluding carboxylic acids is 1. The number of anilines is 1. The number of aromatic nitrogens is 1. The summed E-state index contributed by atoms with van der Waals surface area (Å²) in [5, 5.41) is 0. The molecule has 2 aromatic rings. The lowest BCUT2D eigenvalue weighted by Gasteiger charge is -2.39. The van der Waals surface area contributed by atoms with Crippen LogP contribution in [-0.2, 0) is 14.8 Å². The maximum atomic E-state index is 13.1. The number of hydrogen-bond donors (Lipinski definition) is 0. The summed E-state index contributed by atoms with van der Waals surface area (Å²) in [6, 6.07) is 7.31. The van der Waals surface area contributed by atoms with Crippen LogP contribution in [0.1, 0.15) is 12.8 Å². The first-order valence-electron chi connectivity index (χ1n) is 9.64. The molecular formula is C19H23BrN4O3S2. The lowest BCUT2D eigenvalue weighted by molar-refractivity contribution is -0.137. The third-order valence-corrected chi connectivity index (χ3v) is 9.45. The minimum absolute atomic E-state index is 0.0756. The number of pyridine rings is 1. The SMILES string of the molecule is O=C(C1CCCN(S(=O)(=O)c2ccc(Br)s2)C1)N1CCN(c2ccncc2)CC1. The zero-order valence-corrected chi connectivity index (χ0v) is 19.1. The number of nitrogens with zero attached hydrogens (tertiary/aromatic N) is 4. The van der Waals surface area contributed by atoms with E-state index in [1.807, 2.05) is 17.0 Å². The van der Waals surface area contributed by atoms with Crippen molar-refractivity contribution in [3.63, 3.8) is 0 Å². The Kier molecular flexibility index (Phi) is 6.24. The maximum Gasteiger partial charge on any atom is 0.252 e. The topological polar surface area (TPSA) is 73.8 Å². The number of carbonyl (C=O) groups is 1. The first-order chi connectivity index (χ1) is 13.9. The number of sulfonamides is 1. The molecule has 10 heteroatoms. The number of halogens is 1. The third kappa shape index (κ3) is 4.50. The molecule has 7 nitrogen and oxygen atoms in total. The van der Waals surface area contributed by atoms with E-state index in [9.17, 15) is 13.2 Å². The Labute approximate surface area is 183 Å². The largest absolute Gasteiger partial charge is 0.368 e. The number of piperidine rings is 1. The van der Waals surface area contributed by atoms with Crippen molar-refractivity contribution in [2.75, 3.05) is 44.2 Å². The molecule has 2 aliphatic heterocycles. The first kappa shape index (κ1) is 20.8. The van der Waals surface area contributed by atoms with Gasteiger partial charge in [0.1, 0.15) is 4.21 Å². The Bertz CT molecular complexity index is 959. The van der Waals surface area contributed by atoms with Crippen LogP contribution in [0.15, 0.2) is 44.7 Å². The van der Waals surface area contributed by atoms with Gasteiger partial charge in [0.15, 0.2) is 0 Å². The van der Waals surface area contributed by atoms with E-state index in [-0.39, 0.29) is 18.4 Å². The van der Waals surface area contributed by atoms with Gasteiger partial charge in [-0.2, -0.15) is 4.31 Å². The van der Waals surface area contributed by atoms with Crippen LogP contribution in [0.3, 0.4) is 0 Å². The number of rotatable bonds is 4. The molecule has 0 saturated carbocycles. The van der Waals surface area contributed by atoms with E-state index >= 15 is 0 Å². The Morgan fingerprint density at radius 3 is 2.45 bits per heavy atom. The zero-order chi connectivity index (χ0) is 20.4. The van der Waals surface area contributed by atoms with E-state index in [0.717, 1.165) is 29.0 Å². The van der Waals surface area contributed by atoms with Crippen LogP contribution in [-0.4, -0.2) is 67.8 Å². The molecule has 2 aromatic heterocycles. The third-order valence-electron chi connectivity index (χ3n) is 5.50. The Hall–Kier alpha value is -1.49. The van der Waals surface area contributed by atoms with Crippen molar-refractivity contribution in [1.82, 2.24) is 14.2 Å². The molecule has 156 valence electrons. The molecule has 2 aliphatic rings. The Balaban J connectivity index is 1.38. The second kappa shape index (κ2) is 8.71. The summed E-state index contributed by atoms with van der Waals surface area (Å²) in [6.45, 7) is 3.59. The molecule has 29 heavy (non-hydrogen) atoms. The minimum Gasteiger partial charge on any atom is -0.368 e. The lowest BCUT2D eigenvalue weighted by Crippen LogP contribution is -2.53. The molecule has 0 radical (unpaired) electrons. The fourth-order valence-corrected chi connectivity index (χ4v) is 7.61. The van der Waals surface area contributed by atoms with Gasteiger partial charge in [-0.3, -0.25) is 9.78 Å². The van der Waals surface area contributed by atoms with Crippen molar-refractivity contribution in [2.45, 2.75) is 17.1 Å². The Morgan fingerprint density at radius 2 is 1.79 bits per heavy atom. The van der Waals surface area contributed by atoms with Gasteiger partial charge in [-0.05, 0) is 53.0 Å². The van der Waals surface area contributed by atoms with E-state index in [1.54, 1.807) is 24.5 Å². The second-order valence-electron chi connectivity index (χ2n) is 7.28. The van der Waals surface area contributed by atoms with Crippen molar-refractivity contribution < 1.29 is 13.2 Å². The van der Waals surface area contributed by atoms with E-state index in [0.29, 0.717) is 30.3 Å². The molecule has 0 spiro atoms. The molecular weight excluding hydrogens is 476 g/mol. The van der Waals surface area contributed by atoms with Gasteiger partial charge in [-0.25, -0.2) is 8.42 Å². The van der Waals surface area contributed by atoms with Gasteiger partial charge in [-0.15, -0.1) is 11.3 Å². The number of hydrogen-bond acceptors (Lipinski definition) is 6. The van der Waals surface area contributed by atoms with Crippen molar-refractivity contribution in [1.29, 1.82) is 0 Å². The fraction of sp³-hybridized carbons (Fsp3) is 0.474. The fourth-order valence-electron chi connectivity index (χ4n) is 3.92. The Morgan fingerprint density at radius 1 is 1.07 bits per heavy atom. The summed E-state index contributed by atoms with van der Waals surface area (Å²) in [5.41, 5.74) is 1.11. The van der Waals surface area contributed by atoms with Crippen LogP contribution in [0.2, 0.25) is 0 Å². The van der Waals surface area contributed by atoms with E-state index in [1.165, 1.54) is 15.6 Å². The molecule has 0 N–H and O–H groups in total. The van der Waals surface area contributed by atoms with Gasteiger partial charge >= 0.3 is 0 Å². The lowest BCUT2D eigenvalue weighted by atomic mass is 9.97. The normalized spacial score (nSPS) is 21.3. The molecule has 0 bridgehead atoms. The molecule has 0 aromatic carbocycles. The van der Waals surface area contributed by atoms with Crippen LogP contribution in [0.4, 0.5) is 5.69 Å². The highest BCUT2D eigenvalue weighted by molar-refractivity contribution is 9.11. The van der Waals surface area contributed by atoms with Crippen molar-refractivity contribution in [2.24, 2.45) is 5.92 Å². The summed E-state index contributed by atoms with van der Waals surface area (Å²) in [4.78, 5) is 21.3. The van der Waals surface area contributed by atoms with Gasteiger partial charge in [0.2, 0.25) is 5.91 Å². The van der Waals surface area contributed by atoms with Gasteiger partial charge in [-0.1, -0.05) is 0 Å².